The molecular weight excluding hydrogens is 236 g/mol. The number of carbonyl (C=O) groups is 1. The lowest BCUT2D eigenvalue weighted by Gasteiger charge is -2.30. The van der Waals surface area contributed by atoms with Gasteiger partial charge in [0.2, 0.25) is 0 Å². The minimum Gasteiger partial charge on any atom is -0.481 e. The molecule has 0 unspecified atom stereocenters. The molecule has 0 fully saturated rings. The Hall–Kier alpha value is -2.09. The highest BCUT2D eigenvalue weighted by molar-refractivity contribution is 5.67. The zero-order chi connectivity index (χ0) is 13.7. The van der Waals surface area contributed by atoms with E-state index in [9.17, 15) is 4.79 Å². The molecule has 0 bridgehead atoms. The molecule has 2 nitrogen and oxygen atoms in total. The van der Waals surface area contributed by atoms with Crippen molar-refractivity contribution in [3.05, 3.63) is 71.8 Å². The van der Waals surface area contributed by atoms with E-state index in [0.717, 1.165) is 11.1 Å². The highest BCUT2D eigenvalue weighted by atomic mass is 16.4. The van der Waals surface area contributed by atoms with Crippen molar-refractivity contribution in [3.8, 4) is 0 Å². The molecule has 0 saturated carbocycles. The zero-order valence-electron chi connectivity index (χ0n) is 11.0. The van der Waals surface area contributed by atoms with E-state index in [0.29, 0.717) is 6.42 Å². The van der Waals surface area contributed by atoms with Crippen molar-refractivity contribution in [3.63, 3.8) is 0 Å². The van der Waals surface area contributed by atoms with Crippen LogP contribution in [0.25, 0.3) is 0 Å². The number of hydrogen-bond acceptors (Lipinski definition) is 1. The van der Waals surface area contributed by atoms with Gasteiger partial charge in [-0.2, -0.15) is 0 Å². The fourth-order valence-corrected chi connectivity index (χ4v) is 2.42. The second kappa shape index (κ2) is 5.70. The molecule has 0 heterocycles. The van der Waals surface area contributed by atoms with Crippen LogP contribution in [0.1, 0.15) is 30.9 Å². The van der Waals surface area contributed by atoms with E-state index in [-0.39, 0.29) is 11.8 Å². The van der Waals surface area contributed by atoms with Crippen molar-refractivity contribution >= 4 is 5.97 Å². The summed E-state index contributed by atoms with van der Waals surface area (Å²) >= 11 is 0. The third kappa shape index (κ3) is 3.02. The maximum Gasteiger partial charge on any atom is 0.303 e. The first-order chi connectivity index (χ1) is 9.13. The molecule has 98 valence electrons. The highest BCUT2D eigenvalue weighted by Crippen LogP contribution is 2.36. The minimum absolute atomic E-state index is 0.167. The van der Waals surface area contributed by atoms with Gasteiger partial charge in [-0.25, -0.2) is 0 Å². The summed E-state index contributed by atoms with van der Waals surface area (Å²) in [4.78, 5) is 10.9. The maximum absolute atomic E-state index is 10.9. The van der Waals surface area contributed by atoms with Gasteiger partial charge in [0, 0.05) is 11.8 Å². The summed E-state index contributed by atoms with van der Waals surface area (Å²) in [5.41, 5.74) is 2.05. The normalized spacial score (nSPS) is 11.2. The number of carboxylic acids is 1. The molecule has 2 aromatic carbocycles. The van der Waals surface area contributed by atoms with Gasteiger partial charge in [-0.3, -0.25) is 4.79 Å². The monoisotopic (exact) mass is 254 g/mol. The lowest BCUT2D eigenvalue weighted by Crippen LogP contribution is -2.24. The summed E-state index contributed by atoms with van der Waals surface area (Å²) < 4.78 is 0. The van der Waals surface area contributed by atoms with Crippen LogP contribution in [0.15, 0.2) is 60.7 Å². The SMILES string of the molecule is CC(CCC(=O)O)(c1ccccc1)c1ccccc1. The van der Waals surface area contributed by atoms with Crippen molar-refractivity contribution in [2.75, 3.05) is 0 Å². The summed E-state index contributed by atoms with van der Waals surface area (Å²) in [6.07, 6.45) is 0.761. The molecule has 0 saturated heterocycles. The molecule has 0 amide bonds. The Morgan fingerprint density at radius 2 is 1.37 bits per heavy atom. The van der Waals surface area contributed by atoms with Gasteiger partial charge in [-0.1, -0.05) is 67.6 Å². The molecule has 0 aliphatic carbocycles. The van der Waals surface area contributed by atoms with Gasteiger partial charge in [-0.05, 0) is 17.5 Å². The molecule has 0 atom stereocenters. The Morgan fingerprint density at radius 1 is 0.947 bits per heavy atom. The first kappa shape index (κ1) is 13.3. The van der Waals surface area contributed by atoms with Crippen molar-refractivity contribution in [1.29, 1.82) is 0 Å². The summed E-state index contributed by atoms with van der Waals surface area (Å²) in [5, 5.41) is 8.97. The zero-order valence-corrected chi connectivity index (χ0v) is 11.0. The van der Waals surface area contributed by atoms with Crippen LogP contribution < -0.4 is 0 Å². The summed E-state index contributed by atoms with van der Waals surface area (Å²) in [6, 6.07) is 20.2. The van der Waals surface area contributed by atoms with Gasteiger partial charge in [-0.15, -0.1) is 0 Å². The van der Waals surface area contributed by atoms with Gasteiger partial charge in [0.15, 0.2) is 0 Å². The predicted octanol–water partition coefficient (Wildman–Crippen LogP) is 3.86. The Kier molecular flexibility index (Phi) is 4.00. The molecule has 0 aliphatic rings. The van der Waals surface area contributed by atoms with Gasteiger partial charge >= 0.3 is 5.97 Å². The Balaban J connectivity index is 2.41. The third-order valence-corrected chi connectivity index (χ3v) is 3.66. The molecule has 1 N–H and O–H groups in total. The first-order valence-corrected chi connectivity index (χ1v) is 6.46. The van der Waals surface area contributed by atoms with Crippen LogP contribution in [0.4, 0.5) is 0 Å². The predicted molar refractivity (Wildman–Crippen MR) is 76.2 cm³/mol. The van der Waals surface area contributed by atoms with E-state index in [1.165, 1.54) is 0 Å². The van der Waals surface area contributed by atoms with E-state index in [1.54, 1.807) is 0 Å². The second-order valence-corrected chi connectivity index (χ2v) is 4.96. The number of hydrogen-bond donors (Lipinski definition) is 1. The Bertz CT molecular complexity index is 492. The van der Waals surface area contributed by atoms with Gasteiger partial charge in [0.05, 0.1) is 0 Å². The van der Waals surface area contributed by atoms with Gasteiger partial charge in [0.1, 0.15) is 0 Å². The lowest BCUT2D eigenvalue weighted by molar-refractivity contribution is -0.137. The van der Waals surface area contributed by atoms with Crippen LogP contribution in [0.5, 0.6) is 0 Å². The molecule has 19 heavy (non-hydrogen) atoms. The van der Waals surface area contributed by atoms with E-state index in [1.807, 2.05) is 36.4 Å². The van der Waals surface area contributed by atoms with Crippen LogP contribution in [-0.4, -0.2) is 11.1 Å². The quantitative estimate of drug-likeness (QED) is 0.879. The average Bonchev–Trinajstić information content (AvgIpc) is 2.46. The molecule has 0 spiro atoms. The van der Waals surface area contributed by atoms with E-state index < -0.39 is 5.97 Å². The average molecular weight is 254 g/mol. The largest absolute Gasteiger partial charge is 0.481 e. The van der Waals surface area contributed by atoms with Crippen molar-refractivity contribution < 1.29 is 9.90 Å². The standard InChI is InChI=1S/C17H18O2/c1-17(13-12-16(18)19,14-8-4-2-5-9-14)15-10-6-3-7-11-15/h2-11H,12-13H2,1H3,(H,18,19). The summed E-state index contributed by atoms with van der Waals surface area (Å²) in [7, 11) is 0. The topological polar surface area (TPSA) is 37.3 Å². The number of rotatable bonds is 5. The molecule has 0 radical (unpaired) electrons. The van der Waals surface area contributed by atoms with Crippen LogP contribution >= 0.6 is 0 Å². The smallest absolute Gasteiger partial charge is 0.303 e. The van der Waals surface area contributed by atoms with Crippen molar-refractivity contribution in [1.82, 2.24) is 0 Å². The highest BCUT2D eigenvalue weighted by Gasteiger charge is 2.29. The molecule has 2 heteroatoms. The number of benzene rings is 2. The van der Waals surface area contributed by atoms with Gasteiger partial charge < -0.3 is 5.11 Å². The molecule has 2 rings (SSSR count). The molecular formula is C17H18O2. The Labute approximate surface area is 113 Å². The van der Waals surface area contributed by atoms with Crippen molar-refractivity contribution in [2.24, 2.45) is 0 Å². The van der Waals surface area contributed by atoms with Gasteiger partial charge in [0.25, 0.3) is 0 Å². The third-order valence-electron chi connectivity index (χ3n) is 3.66. The van der Waals surface area contributed by atoms with E-state index >= 15 is 0 Å². The fourth-order valence-electron chi connectivity index (χ4n) is 2.42. The van der Waals surface area contributed by atoms with Crippen LogP contribution in [0, 0.1) is 0 Å². The van der Waals surface area contributed by atoms with Crippen LogP contribution in [-0.2, 0) is 10.2 Å². The molecule has 2 aromatic rings. The van der Waals surface area contributed by atoms with E-state index in [4.69, 9.17) is 5.11 Å². The second-order valence-electron chi connectivity index (χ2n) is 4.96. The maximum atomic E-state index is 10.9. The van der Waals surface area contributed by atoms with Crippen LogP contribution in [0.2, 0.25) is 0 Å². The molecule has 0 aromatic heterocycles. The molecule has 0 aliphatic heterocycles. The minimum atomic E-state index is -0.752. The van der Waals surface area contributed by atoms with E-state index in [2.05, 4.69) is 31.2 Å². The summed E-state index contributed by atoms with van der Waals surface area (Å²) in [6.45, 7) is 2.11. The van der Waals surface area contributed by atoms with Crippen LogP contribution in [0.3, 0.4) is 0 Å². The summed E-state index contributed by atoms with van der Waals surface area (Å²) in [5.74, 6) is -0.752. The van der Waals surface area contributed by atoms with Crippen molar-refractivity contribution in [2.45, 2.75) is 25.2 Å². The number of aliphatic carboxylic acids is 1. The number of carboxylic acid groups (broad SMARTS) is 1. The Morgan fingerprint density at radius 3 is 1.74 bits per heavy atom. The first-order valence-electron chi connectivity index (χ1n) is 6.46. The fraction of sp³-hybridized carbons (Fsp3) is 0.235. The lowest BCUT2D eigenvalue weighted by atomic mass is 9.73.